The highest BCUT2D eigenvalue weighted by molar-refractivity contribution is 5.38. The minimum atomic E-state index is -0.311. The van der Waals surface area contributed by atoms with Gasteiger partial charge in [0.25, 0.3) is 0 Å². The van der Waals surface area contributed by atoms with Crippen LogP contribution in [0.2, 0.25) is 0 Å². The number of rotatable bonds is 5. The molecule has 2 rings (SSSR count). The lowest BCUT2D eigenvalue weighted by atomic mass is 9.77. The average molecular weight is 284 g/mol. The zero-order chi connectivity index (χ0) is 15.3. The zero-order valence-electron chi connectivity index (χ0n) is 13.3. The minimum Gasteiger partial charge on any atom is -0.235 e. The molecule has 0 unspecified atom stereocenters. The van der Waals surface area contributed by atoms with Gasteiger partial charge in [-0.2, -0.15) is 0 Å². The van der Waals surface area contributed by atoms with Gasteiger partial charge in [0.1, 0.15) is 0 Å². The summed E-state index contributed by atoms with van der Waals surface area (Å²) in [5.74, 6) is 0. The summed E-state index contributed by atoms with van der Waals surface area (Å²) in [4.78, 5) is 11.0. The van der Waals surface area contributed by atoms with Gasteiger partial charge in [-0.15, -0.1) is 0 Å². The molecule has 2 heteroatoms. The molecule has 0 aromatic heterocycles. The van der Waals surface area contributed by atoms with Crippen LogP contribution in [0.15, 0.2) is 60.7 Å². The highest BCUT2D eigenvalue weighted by Gasteiger charge is 2.30. The molecule has 0 aliphatic heterocycles. The van der Waals surface area contributed by atoms with Crippen molar-refractivity contribution in [1.82, 2.24) is 0 Å². The van der Waals surface area contributed by atoms with E-state index >= 15 is 0 Å². The van der Waals surface area contributed by atoms with Crippen molar-refractivity contribution in [1.29, 1.82) is 0 Å². The second-order valence-electron chi connectivity index (χ2n) is 6.52. The smallest absolute Gasteiger partial charge is 0.0957 e. The standard InChI is InChI=1S/C19H24O2/c1-18(2,3)21-20-15-19(4,16-11-7-5-8-12-16)17-13-9-6-10-14-17/h5-14H,15H2,1-4H3. The van der Waals surface area contributed by atoms with Crippen molar-refractivity contribution in [2.75, 3.05) is 6.61 Å². The minimum absolute atomic E-state index is 0.242. The molecule has 21 heavy (non-hydrogen) atoms. The maximum absolute atomic E-state index is 5.57. The molecule has 2 nitrogen and oxygen atoms in total. The van der Waals surface area contributed by atoms with Gasteiger partial charge >= 0.3 is 0 Å². The molecule has 0 bridgehead atoms. The third-order valence-corrected chi connectivity index (χ3v) is 3.48. The molecular formula is C19H24O2. The Bertz CT molecular complexity index is 501. The van der Waals surface area contributed by atoms with Crippen molar-refractivity contribution in [3.63, 3.8) is 0 Å². The molecule has 0 aliphatic rings. The van der Waals surface area contributed by atoms with Crippen LogP contribution in [0.1, 0.15) is 38.8 Å². The van der Waals surface area contributed by atoms with Crippen LogP contribution < -0.4 is 0 Å². The molecule has 0 atom stereocenters. The van der Waals surface area contributed by atoms with Gasteiger partial charge in [-0.3, -0.25) is 0 Å². The predicted molar refractivity (Wildman–Crippen MR) is 86.1 cm³/mol. The quantitative estimate of drug-likeness (QED) is 0.583. The Labute approximate surface area is 127 Å². The van der Waals surface area contributed by atoms with Crippen molar-refractivity contribution in [3.05, 3.63) is 71.8 Å². The Hall–Kier alpha value is -1.64. The summed E-state index contributed by atoms with van der Waals surface area (Å²) in [5.41, 5.74) is 1.88. The highest BCUT2D eigenvalue weighted by Crippen LogP contribution is 2.32. The molecule has 0 radical (unpaired) electrons. The fraction of sp³-hybridized carbons (Fsp3) is 0.368. The molecule has 0 saturated carbocycles. The second-order valence-corrected chi connectivity index (χ2v) is 6.52. The first-order chi connectivity index (χ1) is 9.92. The maximum atomic E-state index is 5.57. The normalized spacial score (nSPS) is 12.4. The van der Waals surface area contributed by atoms with E-state index in [4.69, 9.17) is 9.78 Å². The van der Waals surface area contributed by atoms with Gasteiger partial charge in [-0.1, -0.05) is 60.7 Å². The highest BCUT2D eigenvalue weighted by atomic mass is 17.2. The van der Waals surface area contributed by atoms with E-state index in [9.17, 15) is 0 Å². The van der Waals surface area contributed by atoms with E-state index in [-0.39, 0.29) is 11.0 Å². The lowest BCUT2D eigenvalue weighted by Crippen LogP contribution is -2.32. The van der Waals surface area contributed by atoms with E-state index in [1.54, 1.807) is 0 Å². The summed E-state index contributed by atoms with van der Waals surface area (Å²) in [5, 5.41) is 0. The summed E-state index contributed by atoms with van der Waals surface area (Å²) in [6.45, 7) is 8.60. The van der Waals surface area contributed by atoms with Crippen LogP contribution in [-0.2, 0) is 15.2 Å². The molecule has 0 amide bonds. The van der Waals surface area contributed by atoms with Gasteiger partial charge in [0, 0.05) is 5.41 Å². The first-order valence-corrected chi connectivity index (χ1v) is 7.33. The van der Waals surface area contributed by atoms with Crippen LogP contribution in [0.25, 0.3) is 0 Å². The van der Waals surface area contributed by atoms with E-state index in [2.05, 4.69) is 55.5 Å². The Kier molecular flexibility index (Phi) is 4.81. The molecule has 0 aliphatic carbocycles. The summed E-state index contributed by atoms with van der Waals surface area (Å²) >= 11 is 0. The number of hydrogen-bond donors (Lipinski definition) is 0. The van der Waals surface area contributed by atoms with Gasteiger partial charge in [-0.05, 0) is 38.8 Å². The Balaban J connectivity index is 2.27. The van der Waals surface area contributed by atoms with Crippen LogP contribution in [0.5, 0.6) is 0 Å². The lowest BCUT2D eigenvalue weighted by molar-refractivity contribution is -0.353. The van der Waals surface area contributed by atoms with Gasteiger partial charge in [0.15, 0.2) is 0 Å². The van der Waals surface area contributed by atoms with Crippen molar-refractivity contribution < 1.29 is 9.78 Å². The van der Waals surface area contributed by atoms with Gasteiger partial charge in [0.05, 0.1) is 12.2 Å². The molecule has 2 aromatic carbocycles. The molecule has 0 spiro atoms. The summed E-state index contributed by atoms with van der Waals surface area (Å²) in [7, 11) is 0. The topological polar surface area (TPSA) is 18.5 Å². The lowest BCUT2D eigenvalue weighted by Gasteiger charge is -2.31. The van der Waals surface area contributed by atoms with Gasteiger partial charge in [-0.25, -0.2) is 9.78 Å². The Morgan fingerprint density at radius 2 is 1.14 bits per heavy atom. The van der Waals surface area contributed by atoms with E-state index in [1.807, 2.05) is 32.9 Å². The third-order valence-electron chi connectivity index (χ3n) is 3.48. The van der Waals surface area contributed by atoms with Crippen LogP contribution in [0.4, 0.5) is 0 Å². The fourth-order valence-corrected chi connectivity index (χ4v) is 2.27. The Morgan fingerprint density at radius 1 is 0.714 bits per heavy atom. The molecule has 0 N–H and O–H groups in total. The van der Waals surface area contributed by atoms with E-state index in [0.29, 0.717) is 6.61 Å². The molecule has 0 heterocycles. The van der Waals surface area contributed by atoms with Gasteiger partial charge in [0.2, 0.25) is 0 Å². The van der Waals surface area contributed by atoms with Crippen molar-refractivity contribution in [2.45, 2.75) is 38.7 Å². The maximum Gasteiger partial charge on any atom is 0.0957 e. The number of hydrogen-bond acceptors (Lipinski definition) is 2. The Morgan fingerprint density at radius 3 is 1.52 bits per heavy atom. The van der Waals surface area contributed by atoms with Gasteiger partial charge < -0.3 is 0 Å². The van der Waals surface area contributed by atoms with Crippen LogP contribution in [0, 0.1) is 0 Å². The summed E-state index contributed by atoms with van der Waals surface area (Å²) < 4.78 is 0. The van der Waals surface area contributed by atoms with Crippen LogP contribution in [0.3, 0.4) is 0 Å². The molecule has 2 aromatic rings. The molecule has 0 saturated heterocycles. The fourth-order valence-electron chi connectivity index (χ4n) is 2.27. The van der Waals surface area contributed by atoms with Crippen LogP contribution >= 0.6 is 0 Å². The molecule has 112 valence electrons. The van der Waals surface area contributed by atoms with Crippen molar-refractivity contribution in [2.24, 2.45) is 0 Å². The average Bonchev–Trinajstić information content (AvgIpc) is 2.47. The summed E-state index contributed by atoms with van der Waals surface area (Å²) in [6.07, 6.45) is 0. The van der Waals surface area contributed by atoms with Crippen LogP contribution in [-0.4, -0.2) is 12.2 Å². The molecular weight excluding hydrogens is 260 g/mol. The number of benzene rings is 2. The van der Waals surface area contributed by atoms with Crippen molar-refractivity contribution >= 4 is 0 Å². The third kappa shape index (κ3) is 4.16. The first kappa shape index (κ1) is 15.7. The van der Waals surface area contributed by atoms with E-state index < -0.39 is 0 Å². The monoisotopic (exact) mass is 284 g/mol. The van der Waals surface area contributed by atoms with E-state index in [0.717, 1.165) is 0 Å². The molecule has 0 fully saturated rings. The largest absolute Gasteiger partial charge is 0.235 e. The predicted octanol–water partition coefficient (Wildman–Crippen LogP) is 4.74. The van der Waals surface area contributed by atoms with Crippen molar-refractivity contribution in [3.8, 4) is 0 Å². The van der Waals surface area contributed by atoms with E-state index in [1.165, 1.54) is 11.1 Å². The zero-order valence-corrected chi connectivity index (χ0v) is 13.3. The SMILES string of the molecule is CC(C)(C)OOCC(C)(c1ccccc1)c1ccccc1. The first-order valence-electron chi connectivity index (χ1n) is 7.33. The second kappa shape index (κ2) is 6.42. The summed E-state index contributed by atoms with van der Waals surface area (Å²) in [6, 6.07) is 20.8.